The van der Waals surface area contributed by atoms with E-state index in [9.17, 15) is 0 Å². The van der Waals surface area contributed by atoms with E-state index in [4.69, 9.17) is 10.5 Å². The molecular formula is C13H11N3OS. The molecule has 5 heteroatoms. The van der Waals surface area contributed by atoms with Gasteiger partial charge < -0.3 is 10.5 Å². The number of fused-ring (bicyclic) bond motifs is 1. The summed E-state index contributed by atoms with van der Waals surface area (Å²) in [7, 11) is 1.61. The fraction of sp³-hybridized carbons (Fsp3) is 0.0769. The molecule has 0 radical (unpaired) electrons. The van der Waals surface area contributed by atoms with Crippen molar-refractivity contribution < 1.29 is 4.74 Å². The van der Waals surface area contributed by atoms with E-state index < -0.39 is 0 Å². The van der Waals surface area contributed by atoms with Crippen molar-refractivity contribution in [2.45, 2.75) is 0 Å². The number of anilines is 1. The number of nitrogen functional groups attached to an aromatic ring is 1. The predicted molar refractivity (Wildman–Crippen MR) is 73.8 cm³/mol. The fourth-order valence-corrected chi connectivity index (χ4v) is 2.70. The van der Waals surface area contributed by atoms with Crippen LogP contribution in [0.1, 0.15) is 0 Å². The molecule has 0 bridgehead atoms. The molecule has 2 N–H and O–H groups in total. The van der Waals surface area contributed by atoms with Crippen LogP contribution in [0.2, 0.25) is 0 Å². The first-order valence-corrected chi connectivity index (χ1v) is 6.25. The van der Waals surface area contributed by atoms with Crippen LogP contribution in [0.5, 0.6) is 5.75 Å². The number of aromatic nitrogens is 2. The minimum absolute atomic E-state index is 0.600. The monoisotopic (exact) mass is 257 g/mol. The summed E-state index contributed by atoms with van der Waals surface area (Å²) in [4.78, 5) is 8.83. The predicted octanol–water partition coefficient (Wildman–Crippen LogP) is 2.95. The Balaban J connectivity index is 2.17. The van der Waals surface area contributed by atoms with E-state index in [2.05, 4.69) is 9.97 Å². The molecule has 4 nitrogen and oxygen atoms in total. The number of methoxy groups -OCH3 is 1. The van der Waals surface area contributed by atoms with E-state index in [0.717, 1.165) is 20.9 Å². The second kappa shape index (κ2) is 4.27. The van der Waals surface area contributed by atoms with Crippen LogP contribution >= 0.6 is 11.3 Å². The van der Waals surface area contributed by atoms with E-state index >= 15 is 0 Å². The molecule has 3 aromatic rings. The number of nitrogens with zero attached hydrogens (tertiary/aromatic N) is 2. The van der Waals surface area contributed by atoms with Crippen molar-refractivity contribution in [3.63, 3.8) is 0 Å². The third-order valence-corrected chi connectivity index (χ3v) is 3.66. The summed E-state index contributed by atoms with van der Waals surface area (Å²) in [5.74, 6) is 0.679. The second-order valence-electron chi connectivity index (χ2n) is 3.80. The zero-order valence-electron chi connectivity index (χ0n) is 9.75. The smallest absolute Gasteiger partial charge is 0.143 e. The van der Waals surface area contributed by atoms with Crippen LogP contribution in [0.15, 0.2) is 36.5 Å². The normalized spacial score (nSPS) is 10.7. The van der Waals surface area contributed by atoms with E-state index in [1.165, 1.54) is 0 Å². The highest BCUT2D eigenvalue weighted by Gasteiger charge is 2.10. The maximum Gasteiger partial charge on any atom is 0.143 e. The Morgan fingerprint density at radius 3 is 2.89 bits per heavy atom. The van der Waals surface area contributed by atoms with Crippen molar-refractivity contribution in [3.8, 4) is 16.5 Å². The van der Waals surface area contributed by atoms with Gasteiger partial charge in [0.05, 0.1) is 28.7 Å². The third kappa shape index (κ3) is 1.78. The van der Waals surface area contributed by atoms with Gasteiger partial charge in [0.15, 0.2) is 0 Å². The highest BCUT2D eigenvalue weighted by molar-refractivity contribution is 7.21. The largest absolute Gasteiger partial charge is 0.495 e. The van der Waals surface area contributed by atoms with Crippen molar-refractivity contribution in [2.75, 3.05) is 12.8 Å². The molecule has 0 spiro atoms. The van der Waals surface area contributed by atoms with Crippen molar-refractivity contribution >= 4 is 27.2 Å². The van der Waals surface area contributed by atoms with Crippen LogP contribution in [0.4, 0.5) is 5.69 Å². The minimum Gasteiger partial charge on any atom is -0.495 e. The van der Waals surface area contributed by atoms with Crippen LogP contribution in [0.25, 0.3) is 20.9 Å². The van der Waals surface area contributed by atoms with Gasteiger partial charge in [0, 0.05) is 12.3 Å². The third-order valence-electron chi connectivity index (χ3n) is 2.62. The molecule has 0 atom stereocenters. The lowest BCUT2D eigenvalue weighted by molar-refractivity contribution is 0.417. The molecule has 2 heterocycles. The lowest BCUT2D eigenvalue weighted by Crippen LogP contribution is -1.91. The molecule has 0 amide bonds. The van der Waals surface area contributed by atoms with Gasteiger partial charge in [0.2, 0.25) is 0 Å². The van der Waals surface area contributed by atoms with E-state index in [1.54, 1.807) is 24.6 Å². The first-order chi connectivity index (χ1) is 8.78. The van der Waals surface area contributed by atoms with Crippen LogP contribution in [-0.2, 0) is 0 Å². The van der Waals surface area contributed by atoms with E-state index in [1.807, 2.05) is 30.3 Å². The molecule has 0 saturated heterocycles. The molecule has 0 saturated carbocycles. The molecule has 18 heavy (non-hydrogen) atoms. The molecular weight excluding hydrogens is 246 g/mol. The summed E-state index contributed by atoms with van der Waals surface area (Å²) < 4.78 is 6.25. The first kappa shape index (κ1) is 11.0. The zero-order chi connectivity index (χ0) is 12.5. The fourth-order valence-electron chi connectivity index (χ4n) is 1.75. The Hall–Kier alpha value is -2.14. The molecule has 0 fully saturated rings. The van der Waals surface area contributed by atoms with Crippen molar-refractivity contribution in [3.05, 3.63) is 36.5 Å². The summed E-state index contributed by atoms with van der Waals surface area (Å²) >= 11 is 1.58. The summed E-state index contributed by atoms with van der Waals surface area (Å²) in [5, 5.41) is 0.887. The second-order valence-corrected chi connectivity index (χ2v) is 4.83. The number of hydrogen-bond acceptors (Lipinski definition) is 5. The quantitative estimate of drug-likeness (QED) is 0.717. The Morgan fingerprint density at radius 1 is 1.28 bits per heavy atom. The van der Waals surface area contributed by atoms with Gasteiger partial charge in [-0.2, -0.15) is 0 Å². The molecule has 90 valence electrons. The summed E-state index contributed by atoms with van der Waals surface area (Å²) in [6.07, 6.45) is 1.76. The molecule has 3 rings (SSSR count). The molecule has 2 aromatic heterocycles. The number of hydrogen-bond donors (Lipinski definition) is 1. The first-order valence-electron chi connectivity index (χ1n) is 5.43. The van der Waals surface area contributed by atoms with Gasteiger partial charge in [-0.3, -0.25) is 4.98 Å². The SMILES string of the molecule is COc1cc2sc(-c3ccccn3)nc2cc1N. The van der Waals surface area contributed by atoms with Crippen molar-refractivity contribution in [1.82, 2.24) is 9.97 Å². The minimum atomic E-state index is 0.600. The standard InChI is InChI=1S/C13H11N3OS/c1-17-11-7-12-10(6-8(11)14)16-13(18-12)9-4-2-3-5-15-9/h2-7H,14H2,1H3. The van der Waals surface area contributed by atoms with Crippen LogP contribution in [-0.4, -0.2) is 17.1 Å². The highest BCUT2D eigenvalue weighted by atomic mass is 32.1. The summed E-state index contributed by atoms with van der Waals surface area (Å²) in [6, 6.07) is 9.52. The van der Waals surface area contributed by atoms with Gasteiger partial charge in [-0.05, 0) is 18.2 Å². The van der Waals surface area contributed by atoms with E-state index in [0.29, 0.717) is 11.4 Å². The van der Waals surface area contributed by atoms with Gasteiger partial charge >= 0.3 is 0 Å². The van der Waals surface area contributed by atoms with Crippen molar-refractivity contribution in [1.29, 1.82) is 0 Å². The van der Waals surface area contributed by atoms with Crippen molar-refractivity contribution in [2.24, 2.45) is 0 Å². The molecule has 0 aliphatic carbocycles. The molecule has 0 aliphatic heterocycles. The number of thiazole rings is 1. The average Bonchev–Trinajstić information content (AvgIpc) is 2.81. The van der Waals surface area contributed by atoms with Gasteiger partial charge in [0.25, 0.3) is 0 Å². The Morgan fingerprint density at radius 2 is 2.17 bits per heavy atom. The number of benzene rings is 1. The lowest BCUT2D eigenvalue weighted by atomic mass is 10.3. The summed E-state index contributed by atoms with van der Waals surface area (Å²) in [5.41, 5.74) is 8.21. The Kier molecular flexibility index (Phi) is 2.60. The van der Waals surface area contributed by atoms with Gasteiger partial charge in [-0.25, -0.2) is 4.98 Å². The average molecular weight is 257 g/mol. The maximum absolute atomic E-state index is 5.87. The lowest BCUT2D eigenvalue weighted by Gasteiger charge is -2.02. The summed E-state index contributed by atoms with van der Waals surface area (Å²) in [6.45, 7) is 0. The Bertz CT molecular complexity index is 694. The van der Waals surface area contributed by atoms with Crippen LogP contribution in [0.3, 0.4) is 0 Å². The van der Waals surface area contributed by atoms with Crippen LogP contribution < -0.4 is 10.5 Å². The topological polar surface area (TPSA) is 61.0 Å². The Labute approximate surface area is 108 Å². The zero-order valence-corrected chi connectivity index (χ0v) is 10.6. The van der Waals surface area contributed by atoms with Crippen LogP contribution in [0, 0.1) is 0 Å². The van der Waals surface area contributed by atoms with Gasteiger partial charge in [-0.1, -0.05) is 6.07 Å². The number of nitrogens with two attached hydrogens (primary N) is 1. The van der Waals surface area contributed by atoms with E-state index in [-0.39, 0.29) is 0 Å². The number of rotatable bonds is 2. The molecule has 0 aliphatic rings. The highest BCUT2D eigenvalue weighted by Crippen LogP contribution is 2.34. The number of ether oxygens (including phenoxy) is 1. The molecule has 0 unspecified atom stereocenters. The maximum atomic E-state index is 5.87. The number of pyridine rings is 1. The van der Waals surface area contributed by atoms with Gasteiger partial charge in [-0.15, -0.1) is 11.3 Å². The molecule has 1 aromatic carbocycles. The van der Waals surface area contributed by atoms with Gasteiger partial charge in [0.1, 0.15) is 10.8 Å².